The first-order valence-corrected chi connectivity index (χ1v) is 9.61. The number of hydrogen-bond donors (Lipinski definition) is 3. The van der Waals surface area contributed by atoms with E-state index in [0.29, 0.717) is 11.1 Å². The summed E-state index contributed by atoms with van der Waals surface area (Å²) in [6.45, 7) is -0.425. The lowest BCUT2D eigenvalue weighted by atomic mass is 10.1. The van der Waals surface area contributed by atoms with Gasteiger partial charge in [0.15, 0.2) is 6.61 Å². The van der Waals surface area contributed by atoms with Crippen LogP contribution in [0.1, 0.15) is 10.4 Å². The number of hydrogen-bond acceptors (Lipinski definition) is 5. The molecule has 0 atom stereocenters. The molecule has 0 saturated heterocycles. The van der Waals surface area contributed by atoms with Gasteiger partial charge in [0.2, 0.25) is 10.0 Å². The summed E-state index contributed by atoms with van der Waals surface area (Å²) in [5.41, 5.74) is 0.293. The molecule has 0 aromatic heterocycles. The molecule has 4 N–H and O–H groups in total. The van der Waals surface area contributed by atoms with Crippen LogP contribution in [-0.2, 0) is 14.8 Å². The minimum Gasteiger partial charge on any atom is -0.482 e. The van der Waals surface area contributed by atoms with E-state index < -0.39 is 28.5 Å². The van der Waals surface area contributed by atoms with Gasteiger partial charge in [-0.3, -0.25) is 4.79 Å². The number of carbonyl (C=O) groups is 2. The van der Waals surface area contributed by atoms with E-state index in [0.717, 1.165) is 5.39 Å². The zero-order chi connectivity index (χ0) is 20.3. The molecule has 0 saturated carbocycles. The fourth-order valence-corrected chi connectivity index (χ4v) is 3.15. The Kier molecular flexibility index (Phi) is 5.30. The third-order valence-corrected chi connectivity index (χ3v) is 4.85. The molecule has 3 rings (SSSR count). The Labute approximate surface area is 160 Å². The molecule has 28 heavy (non-hydrogen) atoms. The molecule has 3 aromatic carbocycles. The predicted octanol–water partition coefficient (Wildman–Crippen LogP) is 2.20. The Hall–Kier alpha value is -3.43. The average Bonchev–Trinajstić information content (AvgIpc) is 2.65. The van der Waals surface area contributed by atoms with Gasteiger partial charge in [0.25, 0.3) is 5.91 Å². The highest BCUT2D eigenvalue weighted by molar-refractivity contribution is 7.89. The molecule has 0 aliphatic rings. The zero-order valence-corrected chi connectivity index (χ0v) is 15.3. The van der Waals surface area contributed by atoms with E-state index in [9.17, 15) is 23.1 Å². The number of fused-ring (bicyclic) bond motifs is 1. The molecule has 3 aromatic rings. The van der Waals surface area contributed by atoms with Gasteiger partial charge in [0.05, 0.1) is 4.90 Å². The molecule has 8 nitrogen and oxygen atoms in total. The largest absolute Gasteiger partial charge is 0.482 e. The van der Waals surface area contributed by atoms with Crippen molar-refractivity contribution in [1.82, 2.24) is 0 Å². The third kappa shape index (κ3) is 4.27. The molecule has 0 radical (unpaired) electrons. The van der Waals surface area contributed by atoms with Crippen LogP contribution in [0.5, 0.6) is 5.75 Å². The minimum absolute atomic E-state index is 0.0518. The van der Waals surface area contributed by atoms with Crippen molar-refractivity contribution in [2.24, 2.45) is 5.14 Å². The fourth-order valence-electron chi connectivity index (χ4n) is 2.63. The van der Waals surface area contributed by atoms with Gasteiger partial charge in [-0.05, 0) is 35.7 Å². The molecular formula is C19H16N2O6S. The van der Waals surface area contributed by atoms with Crippen LogP contribution in [0.4, 0.5) is 5.69 Å². The molecule has 0 aliphatic carbocycles. The molecule has 0 fully saturated rings. The average molecular weight is 400 g/mol. The predicted molar refractivity (Wildman–Crippen MR) is 103 cm³/mol. The van der Waals surface area contributed by atoms with Crippen LogP contribution in [0.2, 0.25) is 0 Å². The van der Waals surface area contributed by atoms with Gasteiger partial charge >= 0.3 is 5.97 Å². The summed E-state index contributed by atoms with van der Waals surface area (Å²) in [7, 11) is -3.82. The highest BCUT2D eigenvalue weighted by Crippen LogP contribution is 2.30. The molecule has 0 aliphatic heterocycles. The number of nitrogens with one attached hydrogen (secondary N) is 1. The number of nitrogens with two attached hydrogens (primary N) is 1. The zero-order valence-electron chi connectivity index (χ0n) is 14.5. The van der Waals surface area contributed by atoms with Crippen molar-refractivity contribution < 1.29 is 27.9 Å². The smallest absolute Gasteiger partial charge is 0.339 e. The number of benzene rings is 3. The van der Waals surface area contributed by atoms with Gasteiger partial charge in [0.1, 0.15) is 11.3 Å². The molecule has 0 spiro atoms. The SMILES string of the molecule is NS(=O)(=O)c1ccc(NC(=O)COc2c(C(=O)O)ccc3ccccc23)cc1. The van der Waals surface area contributed by atoms with Crippen LogP contribution >= 0.6 is 0 Å². The van der Waals surface area contributed by atoms with E-state index in [1.54, 1.807) is 24.3 Å². The van der Waals surface area contributed by atoms with Crippen molar-refractivity contribution in [3.63, 3.8) is 0 Å². The molecule has 144 valence electrons. The number of carboxylic acid groups (broad SMARTS) is 1. The summed E-state index contributed by atoms with van der Waals surface area (Å²) in [5, 5.41) is 18.3. The number of sulfonamides is 1. The number of carbonyl (C=O) groups excluding carboxylic acids is 1. The Morgan fingerprint density at radius 3 is 2.32 bits per heavy atom. The van der Waals surface area contributed by atoms with Gasteiger partial charge in [-0.1, -0.05) is 30.3 Å². The molecule has 0 heterocycles. The topological polar surface area (TPSA) is 136 Å². The number of ether oxygens (including phenoxy) is 1. The summed E-state index contributed by atoms with van der Waals surface area (Å²) < 4.78 is 28.0. The summed E-state index contributed by atoms with van der Waals surface area (Å²) in [6, 6.07) is 15.5. The van der Waals surface area contributed by atoms with E-state index in [2.05, 4.69) is 5.32 Å². The van der Waals surface area contributed by atoms with E-state index in [1.165, 1.54) is 30.3 Å². The van der Waals surface area contributed by atoms with Crippen molar-refractivity contribution in [2.45, 2.75) is 4.90 Å². The van der Waals surface area contributed by atoms with E-state index in [-0.39, 0.29) is 16.2 Å². The van der Waals surface area contributed by atoms with Crippen LogP contribution in [0, 0.1) is 0 Å². The summed E-state index contributed by atoms with van der Waals surface area (Å²) in [4.78, 5) is 23.6. The lowest BCUT2D eigenvalue weighted by Crippen LogP contribution is -2.21. The summed E-state index contributed by atoms with van der Waals surface area (Å²) >= 11 is 0. The van der Waals surface area contributed by atoms with Gasteiger partial charge in [-0.25, -0.2) is 18.4 Å². The van der Waals surface area contributed by atoms with Crippen LogP contribution in [0.3, 0.4) is 0 Å². The number of aromatic carboxylic acids is 1. The van der Waals surface area contributed by atoms with Gasteiger partial charge in [-0.15, -0.1) is 0 Å². The summed E-state index contributed by atoms with van der Waals surface area (Å²) in [6.07, 6.45) is 0. The second-order valence-corrected chi connectivity index (χ2v) is 7.44. The second kappa shape index (κ2) is 7.67. The Bertz CT molecular complexity index is 1160. The molecular weight excluding hydrogens is 384 g/mol. The first-order chi connectivity index (χ1) is 13.3. The Morgan fingerprint density at radius 1 is 1.00 bits per heavy atom. The van der Waals surface area contributed by atoms with Gasteiger partial charge < -0.3 is 15.2 Å². The third-order valence-electron chi connectivity index (χ3n) is 3.92. The molecule has 0 bridgehead atoms. The van der Waals surface area contributed by atoms with Crippen molar-refractivity contribution >= 4 is 38.4 Å². The number of carboxylic acids is 1. The fraction of sp³-hybridized carbons (Fsp3) is 0.0526. The van der Waals surface area contributed by atoms with Gasteiger partial charge in [-0.2, -0.15) is 0 Å². The number of anilines is 1. The minimum atomic E-state index is -3.82. The summed E-state index contributed by atoms with van der Waals surface area (Å²) in [5.74, 6) is -1.60. The second-order valence-electron chi connectivity index (χ2n) is 5.87. The van der Waals surface area contributed by atoms with E-state index in [1.807, 2.05) is 6.07 Å². The molecule has 1 amide bonds. The Balaban J connectivity index is 1.76. The number of amides is 1. The van der Waals surface area contributed by atoms with Crippen LogP contribution in [-0.4, -0.2) is 32.0 Å². The quantitative estimate of drug-likeness (QED) is 0.580. The highest BCUT2D eigenvalue weighted by Gasteiger charge is 2.16. The number of rotatable bonds is 6. The van der Waals surface area contributed by atoms with Crippen LogP contribution in [0.15, 0.2) is 65.6 Å². The van der Waals surface area contributed by atoms with E-state index >= 15 is 0 Å². The standard InChI is InChI=1S/C19H16N2O6S/c20-28(25,26)14-8-6-13(7-9-14)21-17(22)11-27-18-15-4-2-1-3-12(15)5-10-16(18)19(23)24/h1-10H,11H2,(H,21,22)(H,23,24)(H2,20,25,26). The highest BCUT2D eigenvalue weighted by atomic mass is 32.2. The maximum atomic E-state index is 12.2. The van der Waals surface area contributed by atoms with Crippen molar-refractivity contribution in [3.05, 3.63) is 66.2 Å². The van der Waals surface area contributed by atoms with E-state index in [4.69, 9.17) is 9.88 Å². The monoisotopic (exact) mass is 400 g/mol. The lowest BCUT2D eigenvalue weighted by molar-refractivity contribution is -0.118. The maximum Gasteiger partial charge on any atom is 0.339 e. The maximum absolute atomic E-state index is 12.2. The van der Waals surface area contributed by atoms with Crippen molar-refractivity contribution in [3.8, 4) is 5.75 Å². The molecule has 9 heteroatoms. The van der Waals surface area contributed by atoms with Gasteiger partial charge in [0, 0.05) is 11.1 Å². The van der Waals surface area contributed by atoms with Crippen molar-refractivity contribution in [1.29, 1.82) is 0 Å². The first-order valence-electron chi connectivity index (χ1n) is 8.06. The van der Waals surface area contributed by atoms with Crippen LogP contribution in [0.25, 0.3) is 10.8 Å². The van der Waals surface area contributed by atoms with Crippen molar-refractivity contribution in [2.75, 3.05) is 11.9 Å². The van der Waals surface area contributed by atoms with Crippen LogP contribution < -0.4 is 15.2 Å². The lowest BCUT2D eigenvalue weighted by Gasteiger charge is -2.12. The molecule has 0 unspecified atom stereocenters. The normalized spacial score (nSPS) is 11.2. The first kappa shape index (κ1) is 19.3. The Morgan fingerprint density at radius 2 is 1.68 bits per heavy atom. The number of primary sulfonamides is 1.